The van der Waals surface area contributed by atoms with E-state index in [0.717, 1.165) is 57.7 Å². The third-order valence-electron chi connectivity index (χ3n) is 14.6. The van der Waals surface area contributed by atoms with E-state index in [9.17, 15) is 10.5 Å². The molecule has 3 aliphatic carbocycles. The van der Waals surface area contributed by atoms with Crippen LogP contribution < -0.4 is 9.80 Å². The standard InChI is InChI=1S/C60H44N4/c1-59(2)51-11-7-5-9-45(51)47-29-25-43(33-53(47)59)63(41-21-13-37(35-61)14-22-41)55-31-19-39-18-28-50-56(32-20-40-17-27-49(55)57(39)58(40)50)64(42-23-15-38(36-62)16-24-42)44-26-30-48-46-10-6-8-12-52(46)60(3,4)54(48)34-44/h5-7,9-11,13-34H,8,12H2,1-4H3. The van der Waals surface area contributed by atoms with Gasteiger partial charge in [-0.15, -0.1) is 0 Å². The molecule has 9 aromatic carbocycles. The highest BCUT2D eigenvalue weighted by atomic mass is 15.2. The van der Waals surface area contributed by atoms with Crippen LogP contribution in [-0.4, -0.2) is 0 Å². The Morgan fingerprint density at radius 1 is 0.469 bits per heavy atom. The van der Waals surface area contributed by atoms with Crippen LogP contribution in [0.2, 0.25) is 0 Å². The summed E-state index contributed by atoms with van der Waals surface area (Å²) in [6, 6.07) is 61.4. The van der Waals surface area contributed by atoms with Gasteiger partial charge in [-0.2, -0.15) is 10.5 Å². The molecule has 0 saturated carbocycles. The first-order chi connectivity index (χ1) is 31.1. The first-order valence-corrected chi connectivity index (χ1v) is 22.3. The number of fused-ring (bicyclic) bond motifs is 5. The molecule has 0 spiro atoms. The summed E-state index contributed by atoms with van der Waals surface area (Å²) in [5.41, 5.74) is 18.1. The Labute approximate surface area is 374 Å². The number of nitriles is 2. The lowest BCUT2D eigenvalue weighted by Gasteiger charge is -2.31. The summed E-state index contributed by atoms with van der Waals surface area (Å²) in [5.74, 6) is 0. The van der Waals surface area contributed by atoms with Crippen LogP contribution in [0.3, 0.4) is 0 Å². The minimum absolute atomic E-state index is 0.0831. The van der Waals surface area contributed by atoms with Crippen molar-refractivity contribution in [3.05, 3.63) is 209 Å². The minimum Gasteiger partial charge on any atom is -0.310 e. The average molecular weight is 821 g/mol. The normalized spacial score (nSPS) is 15.2. The van der Waals surface area contributed by atoms with Crippen LogP contribution in [0.5, 0.6) is 0 Å². The molecule has 0 amide bonds. The monoisotopic (exact) mass is 820 g/mol. The van der Waals surface area contributed by atoms with Crippen molar-refractivity contribution in [1.82, 2.24) is 0 Å². The zero-order valence-electron chi connectivity index (χ0n) is 36.4. The van der Waals surface area contributed by atoms with Crippen molar-refractivity contribution >= 4 is 72.0 Å². The van der Waals surface area contributed by atoms with Gasteiger partial charge in [0.05, 0.1) is 34.6 Å². The van der Waals surface area contributed by atoms with E-state index in [0.29, 0.717) is 11.1 Å². The van der Waals surface area contributed by atoms with Crippen LogP contribution >= 0.6 is 0 Å². The smallest absolute Gasteiger partial charge is 0.0991 e. The third kappa shape index (κ3) is 5.39. The molecular weight excluding hydrogens is 777 g/mol. The maximum Gasteiger partial charge on any atom is 0.0991 e. The van der Waals surface area contributed by atoms with Crippen LogP contribution in [0.25, 0.3) is 49.0 Å². The van der Waals surface area contributed by atoms with Gasteiger partial charge in [-0.1, -0.05) is 118 Å². The predicted octanol–water partition coefficient (Wildman–Crippen LogP) is 16.0. The van der Waals surface area contributed by atoms with Crippen molar-refractivity contribution in [3.8, 4) is 23.3 Å². The lowest BCUT2D eigenvalue weighted by molar-refractivity contribution is 0.607. The summed E-state index contributed by atoms with van der Waals surface area (Å²) < 4.78 is 0. The van der Waals surface area contributed by atoms with Gasteiger partial charge in [0.25, 0.3) is 0 Å². The maximum atomic E-state index is 9.81. The quantitative estimate of drug-likeness (QED) is 0.157. The first-order valence-electron chi connectivity index (χ1n) is 22.3. The Kier molecular flexibility index (Phi) is 8.15. The van der Waals surface area contributed by atoms with Gasteiger partial charge in [-0.3, -0.25) is 0 Å². The molecule has 64 heavy (non-hydrogen) atoms. The number of hydrogen-bond acceptors (Lipinski definition) is 4. The van der Waals surface area contributed by atoms with E-state index in [2.05, 4.69) is 195 Å². The summed E-state index contributed by atoms with van der Waals surface area (Å²) >= 11 is 0. The number of nitrogens with zero attached hydrogens (tertiary/aromatic N) is 4. The van der Waals surface area contributed by atoms with Crippen molar-refractivity contribution in [2.24, 2.45) is 0 Å². The molecule has 0 aliphatic heterocycles. The third-order valence-corrected chi connectivity index (χ3v) is 14.6. The second-order valence-corrected chi connectivity index (χ2v) is 18.7. The lowest BCUT2D eigenvalue weighted by atomic mass is 9.78. The molecule has 4 heteroatoms. The summed E-state index contributed by atoms with van der Waals surface area (Å²) in [6.07, 6.45) is 6.80. The molecule has 0 atom stereocenters. The van der Waals surface area contributed by atoms with Crippen LogP contribution in [0.1, 0.15) is 73.9 Å². The molecule has 0 fully saturated rings. The second-order valence-electron chi connectivity index (χ2n) is 18.7. The largest absolute Gasteiger partial charge is 0.310 e. The van der Waals surface area contributed by atoms with Crippen molar-refractivity contribution < 1.29 is 0 Å². The molecule has 304 valence electrons. The van der Waals surface area contributed by atoms with E-state index in [-0.39, 0.29) is 10.8 Å². The first kappa shape index (κ1) is 37.8. The molecule has 0 heterocycles. The molecule has 3 aliphatic rings. The number of anilines is 6. The minimum atomic E-state index is -0.167. The Morgan fingerprint density at radius 3 is 1.52 bits per heavy atom. The molecule has 12 rings (SSSR count). The Balaban J connectivity index is 1.07. The molecule has 0 aromatic heterocycles. The molecule has 0 saturated heterocycles. The van der Waals surface area contributed by atoms with Gasteiger partial charge < -0.3 is 9.80 Å². The fourth-order valence-corrected chi connectivity index (χ4v) is 11.4. The summed E-state index contributed by atoms with van der Waals surface area (Å²) in [7, 11) is 0. The van der Waals surface area contributed by atoms with Crippen molar-refractivity contribution in [2.45, 2.75) is 51.4 Å². The molecule has 0 bridgehead atoms. The zero-order valence-corrected chi connectivity index (χ0v) is 36.4. The van der Waals surface area contributed by atoms with Crippen LogP contribution in [0, 0.1) is 22.7 Å². The van der Waals surface area contributed by atoms with E-state index < -0.39 is 0 Å². The predicted molar refractivity (Wildman–Crippen MR) is 265 cm³/mol. The lowest BCUT2D eigenvalue weighted by Crippen LogP contribution is -2.19. The molecule has 0 N–H and O–H groups in total. The fourth-order valence-electron chi connectivity index (χ4n) is 11.4. The van der Waals surface area contributed by atoms with Crippen molar-refractivity contribution in [2.75, 3.05) is 9.80 Å². The topological polar surface area (TPSA) is 54.1 Å². The zero-order chi connectivity index (χ0) is 43.5. The van der Waals surface area contributed by atoms with Crippen LogP contribution in [0.15, 0.2) is 175 Å². The fraction of sp³-hybridized carbons (Fsp3) is 0.133. The van der Waals surface area contributed by atoms with E-state index in [4.69, 9.17) is 0 Å². The number of hydrogen-bond donors (Lipinski definition) is 0. The van der Waals surface area contributed by atoms with Crippen LogP contribution in [-0.2, 0) is 10.8 Å². The average Bonchev–Trinajstić information content (AvgIpc) is 3.71. The van der Waals surface area contributed by atoms with Crippen molar-refractivity contribution in [1.29, 1.82) is 10.5 Å². The van der Waals surface area contributed by atoms with E-state index in [1.54, 1.807) is 0 Å². The number of allylic oxidation sites excluding steroid dienone is 4. The number of rotatable bonds is 6. The van der Waals surface area contributed by atoms with Gasteiger partial charge in [0.1, 0.15) is 0 Å². The molecule has 0 unspecified atom stereocenters. The molecule has 0 radical (unpaired) electrons. The van der Waals surface area contributed by atoms with Crippen molar-refractivity contribution in [3.63, 3.8) is 0 Å². The Bertz CT molecular complexity index is 3570. The summed E-state index contributed by atoms with van der Waals surface area (Å²) in [6.45, 7) is 9.41. The highest BCUT2D eigenvalue weighted by Gasteiger charge is 2.38. The van der Waals surface area contributed by atoms with E-state index >= 15 is 0 Å². The van der Waals surface area contributed by atoms with Gasteiger partial charge in [0, 0.05) is 44.4 Å². The SMILES string of the molecule is CC1(C)C2=C(C=CCC2)c2ccc(N(c3ccc(C#N)cc3)c3ccc4ccc5c(N(c6ccc(C#N)cc6)c6ccc7c(c6)C(C)(C)c6ccccc6-7)ccc6ccc3c4c65)cc21. The number of benzene rings is 9. The highest BCUT2D eigenvalue weighted by molar-refractivity contribution is 6.28. The summed E-state index contributed by atoms with van der Waals surface area (Å²) in [4.78, 5) is 4.75. The molecular formula is C60H44N4. The highest BCUT2D eigenvalue weighted by Crippen LogP contribution is 2.54. The van der Waals surface area contributed by atoms with E-state index in [1.165, 1.54) is 66.1 Å². The maximum absolute atomic E-state index is 9.81. The van der Waals surface area contributed by atoms with E-state index in [1.807, 2.05) is 24.3 Å². The molecule has 9 aromatic rings. The van der Waals surface area contributed by atoms with Gasteiger partial charge >= 0.3 is 0 Å². The van der Waals surface area contributed by atoms with Crippen LogP contribution in [0.4, 0.5) is 34.1 Å². The van der Waals surface area contributed by atoms with Gasteiger partial charge in [0.15, 0.2) is 0 Å². The van der Waals surface area contributed by atoms with Gasteiger partial charge in [-0.05, 0) is 158 Å². The van der Waals surface area contributed by atoms with Gasteiger partial charge in [0.2, 0.25) is 0 Å². The second kappa shape index (κ2) is 13.8. The Morgan fingerprint density at radius 2 is 0.953 bits per heavy atom. The molecule has 4 nitrogen and oxygen atoms in total. The summed E-state index contributed by atoms with van der Waals surface area (Å²) in [5, 5.41) is 26.7. The Hall–Kier alpha value is -7.92. The van der Waals surface area contributed by atoms with Gasteiger partial charge in [-0.25, -0.2) is 0 Å².